The first kappa shape index (κ1) is 21.9. The number of hydrogen-bond acceptors (Lipinski definition) is 6. The highest BCUT2D eigenvalue weighted by atomic mass is 16.5. The van der Waals surface area contributed by atoms with E-state index in [-0.39, 0.29) is 17.7 Å². The topological polar surface area (TPSA) is 79.9 Å². The number of benzene rings is 2. The molecule has 4 rings (SSSR count). The molecular weight excluding hydrogens is 406 g/mol. The summed E-state index contributed by atoms with van der Waals surface area (Å²) in [5, 5.41) is 6.60. The number of Topliss-reactive ketones (excluding diaryl/α,β-unsaturated/α-hetero) is 1. The molecule has 0 saturated carbocycles. The van der Waals surface area contributed by atoms with Crippen LogP contribution in [0, 0.1) is 0 Å². The normalized spacial score (nSPS) is 18.1. The number of piperidine rings is 1. The van der Waals surface area contributed by atoms with Crippen molar-refractivity contribution in [1.82, 2.24) is 10.2 Å². The van der Waals surface area contributed by atoms with Crippen LogP contribution in [0.4, 0.5) is 5.69 Å². The van der Waals surface area contributed by atoms with Crippen LogP contribution >= 0.6 is 0 Å². The minimum Gasteiger partial charge on any atom is -0.497 e. The van der Waals surface area contributed by atoms with Crippen LogP contribution in [0.2, 0.25) is 0 Å². The lowest BCUT2D eigenvalue weighted by molar-refractivity contribution is -0.110. The third-order valence-corrected chi connectivity index (χ3v) is 6.13. The summed E-state index contributed by atoms with van der Waals surface area (Å²) in [6.07, 6.45) is 1.94. The standard InChI is InChI=1S/C25H29N3O4/c1-15(29)16-5-6-22-21(13-16)23(25(30)27-22)24(26-18-7-9-28(2)10-8-18)17-11-19(31-3)14-20(12-17)32-4/h5-6,11-14,18,26H,7-10H2,1-4H3,(H,27,30)/b24-23-. The summed E-state index contributed by atoms with van der Waals surface area (Å²) in [5.74, 6) is 1.04. The number of ether oxygens (including phenoxy) is 2. The van der Waals surface area contributed by atoms with E-state index < -0.39 is 0 Å². The Labute approximate surface area is 188 Å². The van der Waals surface area contributed by atoms with E-state index in [1.165, 1.54) is 6.92 Å². The van der Waals surface area contributed by atoms with Gasteiger partial charge in [0.05, 0.1) is 25.5 Å². The van der Waals surface area contributed by atoms with Gasteiger partial charge >= 0.3 is 0 Å². The van der Waals surface area contributed by atoms with Gasteiger partial charge in [-0.25, -0.2) is 0 Å². The fourth-order valence-corrected chi connectivity index (χ4v) is 4.24. The van der Waals surface area contributed by atoms with Crippen molar-refractivity contribution in [3.05, 3.63) is 53.1 Å². The number of anilines is 1. The van der Waals surface area contributed by atoms with Gasteiger partial charge in [0.15, 0.2) is 5.78 Å². The number of likely N-dealkylation sites (tertiary alicyclic amines) is 1. The smallest absolute Gasteiger partial charge is 0.258 e. The van der Waals surface area contributed by atoms with E-state index in [9.17, 15) is 9.59 Å². The lowest BCUT2D eigenvalue weighted by Crippen LogP contribution is -2.40. The van der Waals surface area contributed by atoms with Crippen LogP contribution in [0.5, 0.6) is 11.5 Å². The lowest BCUT2D eigenvalue weighted by atomic mass is 9.96. The third-order valence-electron chi connectivity index (χ3n) is 6.13. The number of ketones is 1. The Morgan fingerprint density at radius 1 is 1.03 bits per heavy atom. The van der Waals surface area contributed by atoms with Crippen molar-refractivity contribution in [1.29, 1.82) is 0 Å². The van der Waals surface area contributed by atoms with Crippen LogP contribution < -0.4 is 20.1 Å². The molecule has 2 aliphatic heterocycles. The molecule has 2 aromatic carbocycles. The van der Waals surface area contributed by atoms with Gasteiger partial charge in [-0.05, 0) is 70.2 Å². The van der Waals surface area contributed by atoms with Crippen molar-refractivity contribution in [3.8, 4) is 11.5 Å². The SMILES string of the molecule is COc1cc(OC)cc(/C(NC2CCN(C)CC2)=C2/C(=O)Nc3ccc(C(C)=O)cc32)c1. The van der Waals surface area contributed by atoms with Gasteiger partial charge in [0.25, 0.3) is 5.91 Å². The second-order valence-electron chi connectivity index (χ2n) is 8.34. The highest BCUT2D eigenvalue weighted by Crippen LogP contribution is 2.39. The number of carbonyl (C=O) groups is 2. The second kappa shape index (κ2) is 9.04. The summed E-state index contributed by atoms with van der Waals surface area (Å²) in [7, 11) is 5.32. The maximum Gasteiger partial charge on any atom is 0.258 e. The van der Waals surface area contributed by atoms with Crippen molar-refractivity contribution < 1.29 is 19.1 Å². The molecule has 168 valence electrons. The van der Waals surface area contributed by atoms with Gasteiger partial charge in [-0.1, -0.05) is 0 Å². The molecule has 2 N–H and O–H groups in total. The molecule has 0 unspecified atom stereocenters. The van der Waals surface area contributed by atoms with Crippen molar-refractivity contribution in [2.45, 2.75) is 25.8 Å². The molecule has 32 heavy (non-hydrogen) atoms. The Morgan fingerprint density at radius 3 is 2.28 bits per heavy atom. The number of rotatable bonds is 6. The second-order valence-corrected chi connectivity index (χ2v) is 8.34. The quantitative estimate of drug-likeness (QED) is 0.535. The predicted octanol–water partition coefficient (Wildman–Crippen LogP) is 3.41. The first-order valence-corrected chi connectivity index (χ1v) is 10.8. The molecule has 7 heteroatoms. The van der Waals surface area contributed by atoms with E-state index in [0.29, 0.717) is 34.0 Å². The predicted molar refractivity (Wildman–Crippen MR) is 125 cm³/mol. The van der Waals surface area contributed by atoms with Crippen molar-refractivity contribution in [2.24, 2.45) is 0 Å². The Bertz CT molecular complexity index is 1060. The summed E-state index contributed by atoms with van der Waals surface area (Å²) in [4.78, 5) is 27.5. The lowest BCUT2D eigenvalue weighted by Gasteiger charge is -2.31. The van der Waals surface area contributed by atoms with Gasteiger partial charge in [-0.2, -0.15) is 0 Å². The molecule has 0 atom stereocenters. The molecule has 1 saturated heterocycles. The van der Waals surface area contributed by atoms with Crippen LogP contribution in [-0.2, 0) is 4.79 Å². The van der Waals surface area contributed by atoms with Crippen molar-refractivity contribution in [3.63, 3.8) is 0 Å². The Balaban J connectivity index is 1.88. The summed E-state index contributed by atoms with van der Waals surface area (Å²) in [6.45, 7) is 3.50. The summed E-state index contributed by atoms with van der Waals surface area (Å²) < 4.78 is 11.0. The highest BCUT2D eigenvalue weighted by Gasteiger charge is 2.31. The molecule has 2 aliphatic rings. The molecule has 1 fully saturated rings. The van der Waals surface area contributed by atoms with E-state index in [1.807, 2.05) is 12.1 Å². The molecule has 2 aromatic rings. The molecule has 0 bridgehead atoms. The number of nitrogens with one attached hydrogen (secondary N) is 2. The van der Waals surface area contributed by atoms with Gasteiger partial charge in [-0.15, -0.1) is 0 Å². The summed E-state index contributed by atoms with van der Waals surface area (Å²) >= 11 is 0. The maximum atomic E-state index is 13.2. The zero-order valence-corrected chi connectivity index (χ0v) is 19.0. The van der Waals surface area contributed by atoms with Gasteiger partial charge in [0.2, 0.25) is 0 Å². The van der Waals surface area contributed by atoms with Crippen molar-refractivity contribution in [2.75, 3.05) is 39.7 Å². The van der Waals surface area contributed by atoms with Crippen molar-refractivity contribution >= 4 is 28.6 Å². The fourth-order valence-electron chi connectivity index (χ4n) is 4.24. The summed E-state index contributed by atoms with van der Waals surface area (Å²) in [5.41, 5.74) is 4.03. The molecule has 0 spiro atoms. The first-order chi connectivity index (χ1) is 15.4. The average Bonchev–Trinajstić information content (AvgIpc) is 3.12. The summed E-state index contributed by atoms with van der Waals surface area (Å²) in [6, 6.07) is 11.1. The minimum atomic E-state index is -0.196. The molecule has 2 heterocycles. The molecular formula is C25H29N3O4. The van der Waals surface area contributed by atoms with E-state index in [2.05, 4.69) is 22.6 Å². The maximum absolute atomic E-state index is 13.2. The zero-order valence-electron chi connectivity index (χ0n) is 19.0. The molecule has 1 amide bonds. The molecule has 7 nitrogen and oxygen atoms in total. The Kier molecular flexibility index (Phi) is 6.19. The minimum absolute atomic E-state index is 0.0422. The first-order valence-electron chi connectivity index (χ1n) is 10.8. The molecule has 0 radical (unpaired) electrons. The molecule has 0 aromatic heterocycles. The van der Waals surface area contributed by atoms with Crippen LogP contribution in [0.1, 0.15) is 41.3 Å². The number of fused-ring (bicyclic) bond motifs is 1. The van der Waals surface area contributed by atoms with Gasteiger partial charge in [0.1, 0.15) is 11.5 Å². The Hall–Kier alpha value is -3.32. The fraction of sp³-hybridized carbons (Fsp3) is 0.360. The largest absolute Gasteiger partial charge is 0.497 e. The molecule has 0 aliphatic carbocycles. The third kappa shape index (κ3) is 4.34. The van der Waals surface area contributed by atoms with E-state index >= 15 is 0 Å². The van der Waals surface area contributed by atoms with Gasteiger partial charge < -0.3 is 25.0 Å². The highest BCUT2D eigenvalue weighted by molar-refractivity contribution is 6.36. The van der Waals surface area contributed by atoms with Crippen LogP contribution in [-0.4, -0.2) is 57.0 Å². The monoisotopic (exact) mass is 435 g/mol. The van der Waals surface area contributed by atoms with Crippen LogP contribution in [0.15, 0.2) is 36.4 Å². The number of carbonyl (C=O) groups excluding carboxylic acids is 2. The van der Waals surface area contributed by atoms with Gasteiger partial charge in [-0.3, -0.25) is 9.59 Å². The average molecular weight is 436 g/mol. The van der Waals surface area contributed by atoms with E-state index in [4.69, 9.17) is 9.47 Å². The number of nitrogens with zero attached hydrogens (tertiary/aromatic N) is 1. The van der Waals surface area contributed by atoms with E-state index in [1.54, 1.807) is 38.5 Å². The van der Waals surface area contributed by atoms with E-state index in [0.717, 1.165) is 37.1 Å². The number of amides is 1. The van der Waals surface area contributed by atoms with Crippen LogP contribution in [0.25, 0.3) is 11.3 Å². The number of methoxy groups -OCH3 is 2. The Morgan fingerprint density at radius 2 is 1.69 bits per heavy atom. The number of hydrogen-bond donors (Lipinski definition) is 2. The van der Waals surface area contributed by atoms with Gasteiger partial charge in [0, 0.05) is 34.5 Å². The zero-order chi connectivity index (χ0) is 22.8. The van der Waals surface area contributed by atoms with Crippen LogP contribution in [0.3, 0.4) is 0 Å².